The number of primary sulfonamides is 2. The number of rotatable bonds is 6. The minimum absolute atomic E-state index is 0.0566. The predicted molar refractivity (Wildman–Crippen MR) is 164 cm³/mol. The molecule has 3 aromatic carbocycles. The van der Waals surface area contributed by atoms with Crippen LogP contribution in [0.2, 0.25) is 10.0 Å². The summed E-state index contributed by atoms with van der Waals surface area (Å²) in [5.74, 6) is 1.28. The van der Waals surface area contributed by atoms with Gasteiger partial charge in [-0.2, -0.15) is 0 Å². The fraction of sp³-hybridized carbons (Fsp3) is 0.0909. The summed E-state index contributed by atoms with van der Waals surface area (Å²) in [6, 6.07) is 13.9. The smallest absolute Gasteiger partial charge is 0.265 e. The Hall–Kier alpha value is -2.75. The maximum Gasteiger partial charge on any atom is 0.265 e. The average molecular weight is 728 g/mol. The lowest BCUT2D eigenvalue weighted by Crippen LogP contribution is -2.35. The standard InChI is InChI=1S/C15H14ClN3O4S3.C7H6ClN3O4S2/c16-11-6-12-14(7-13(11)25(17,20)21)26(22,23)19-15(18-12)9-24-8-10-4-2-1-3-5-10;8-4-1-5-7(2-6(4)16(9,12)13)17(14,15)11-3-10-5/h1-7H,8-9H2,(H,18,19)(H2,17,20,21);1-3H,(H,10,11)(H2,9,12,13). The third-order valence-corrected chi connectivity index (χ3v) is 12.0. The van der Waals surface area contributed by atoms with Crippen LogP contribution in [0.5, 0.6) is 0 Å². The molecule has 2 heterocycles. The first-order valence-electron chi connectivity index (χ1n) is 11.4. The molecule has 230 valence electrons. The summed E-state index contributed by atoms with van der Waals surface area (Å²) in [6.07, 6.45) is 0.977. The molecule has 2 aliphatic rings. The third kappa shape index (κ3) is 7.86. The van der Waals surface area contributed by atoms with Crippen LogP contribution in [0.1, 0.15) is 5.56 Å². The number of hydrogen-bond donors (Lipinski definition) is 4. The van der Waals surface area contributed by atoms with Crippen LogP contribution < -0.4 is 19.7 Å². The van der Waals surface area contributed by atoms with E-state index < -0.39 is 49.9 Å². The average Bonchev–Trinajstić information content (AvgIpc) is 2.87. The van der Waals surface area contributed by atoms with Crippen molar-refractivity contribution in [3.05, 3.63) is 70.2 Å². The highest BCUT2D eigenvalue weighted by atomic mass is 35.5. The highest BCUT2D eigenvalue weighted by Crippen LogP contribution is 2.36. The number of amidine groups is 1. The number of halogens is 2. The second-order valence-corrected chi connectivity index (χ2v) is 16.8. The molecule has 0 radical (unpaired) electrons. The molecule has 0 atom stereocenters. The molecule has 5 rings (SSSR count). The SMILES string of the molecule is NS(=O)(=O)c1cc2c(cc1Cl)N=C(CSCc1ccccc1)NS2(=O)=O.NS(=O)(=O)c1cc2c(cc1Cl)N=CNS2(=O)=O. The monoisotopic (exact) mass is 726 g/mol. The Morgan fingerprint density at radius 3 is 1.86 bits per heavy atom. The Morgan fingerprint density at radius 2 is 1.30 bits per heavy atom. The van der Waals surface area contributed by atoms with Crippen molar-refractivity contribution in [2.45, 2.75) is 25.3 Å². The minimum Gasteiger partial charge on any atom is -0.270 e. The van der Waals surface area contributed by atoms with E-state index in [1.54, 1.807) is 0 Å². The first-order valence-corrected chi connectivity index (χ1v) is 19.3. The van der Waals surface area contributed by atoms with Gasteiger partial charge in [-0.05, 0) is 29.8 Å². The van der Waals surface area contributed by atoms with Crippen LogP contribution in [0.15, 0.2) is 84.2 Å². The van der Waals surface area contributed by atoms with Gasteiger partial charge in [0.1, 0.15) is 31.8 Å². The molecule has 6 N–H and O–H groups in total. The summed E-state index contributed by atoms with van der Waals surface area (Å²) < 4.78 is 97.8. The van der Waals surface area contributed by atoms with Gasteiger partial charge in [-0.3, -0.25) is 9.44 Å². The van der Waals surface area contributed by atoms with E-state index >= 15 is 0 Å². The quantitative estimate of drug-likeness (QED) is 0.291. The van der Waals surface area contributed by atoms with Crippen molar-refractivity contribution in [1.29, 1.82) is 0 Å². The molecule has 0 aliphatic carbocycles. The Morgan fingerprint density at radius 1 is 0.767 bits per heavy atom. The molecule has 0 fully saturated rings. The molecule has 0 bridgehead atoms. The molecule has 0 saturated carbocycles. The fourth-order valence-corrected chi connectivity index (χ4v) is 9.07. The number of thioether (sulfide) groups is 1. The van der Waals surface area contributed by atoms with E-state index in [1.165, 1.54) is 17.8 Å². The van der Waals surface area contributed by atoms with Crippen molar-refractivity contribution in [1.82, 2.24) is 9.44 Å². The molecular formula is C22H20Cl2N6O8S5. The van der Waals surface area contributed by atoms with E-state index in [2.05, 4.69) is 14.7 Å². The fourth-order valence-electron chi connectivity index (χ4n) is 3.61. The second-order valence-electron chi connectivity index (χ2n) is 8.61. The molecule has 0 amide bonds. The van der Waals surface area contributed by atoms with Gasteiger partial charge >= 0.3 is 0 Å². The van der Waals surface area contributed by atoms with Crippen LogP contribution in [0.4, 0.5) is 11.4 Å². The zero-order valence-corrected chi connectivity index (χ0v) is 26.9. The van der Waals surface area contributed by atoms with E-state index in [-0.39, 0.29) is 37.0 Å². The van der Waals surface area contributed by atoms with Crippen molar-refractivity contribution in [3.8, 4) is 0 Å². The number of nitrogens with one attached hydrogen (secondary N) is 2. The van der Waals surface area contributed by atoms with Gasteiger partial charge in [0.25, 0.3) is 20.0 Å². The van der Waals surface area contributed by atoms with Crippen molar-refractivity contribution in [3.63, 3.8) is 0 Å². The van der Waals surface area contributed by atoms with Gasteiger partial charge in [0.15, 0.2) is 0 Å². The number of nitrogens with two attached hydrogens (primary N) is 2. The topological polar surface area (TPSA) is 237 Å². The lowest BCUT2D eigenvalue weighted by Gasteiger charge is -2.19. The van der Waals surface area contributed by atoms with Crippen LogP contribution in [0.3, 0.4) is 0 Å². The van der Waals surface area contributed by atoms with E-state index in [4.69, 9.17) is 33.5 Å². The zero-order chi connectivity index (χ0) is 31.8. The molecule has 0 unspecified atom stereocenters. The molecule has 0 saturated heterocycles. The Bertz CT molecular complexity index is 2110. The van der Waals surface area contributed by atoms with Gasteiger partial charge < -0.3 is 0 Å². The van der Waals surface area contributed by atoms with Crippen molar-refractivity contribution in [2.75, 3.05) is 5.75 Å². The summed E-state index contributed by atoms with van der Waals surface area (Å²) in [6.45, 7) is 0. The second kappa shape index (κ2) is 12.3. The van der Waals surface area contributed by atoms with Crippen LogP contribution in [-0.2, 0) is 45.8 Å². The molecule has 2 aliphatic heterocycles. The molecule has 14 nitrogen and oxygen atoms in total. The van der Waals surface area contributed by atoms with Gasteiger partial charge in [-0.25, -0.2) is 53.9 Å². The summed E-state index contributed by atoms with van der Waals surface area (Å²) in [4.78, 5) is 6.50. The molecule has 0 spiro atoms. The number of aliphatic imine (C=N–C) groups is 2. The maximum absolute atomic E-state index is 12.4. The summed E-state index contributed by atoms with van der Waals surface area (Å²) in [7, 11) is -16.0. The van der Waals surface area contributed by atoms with Gasteiger partial charge in [0, 0.05) is 5.75 Å². The normalized spacial score (nSPS) is 16.3. The first kappa shape index (κ1) is 33.1. The minimum atomic E-state index is -4.15. The molecule has 3 aromatic rings. The summed E-state index contributed by atoms with van der Waals surface area (Å²) >= 11 is 13.1. The largest absolute Gasteiger partial charge is 0.270 e. The van der Waals surface area contributed by atoms with Gasteiger partial charge in [-0.1, -0.05) is 53.5 Å². The third-order valence-electron chi connectivity index (χ3n) is 5.49. The Labute approximate surface area is 261 Å². The predicted octanol–water partition coefficient (Wildman–Crippen LogP) is 2.18. The van der Waals surface area contributed by atoms with Crippen LogP contribution in [-0.4, -0.2) is 51.6 Å². The van der Waals surface area contributed by atoms with E-state index in [9.17, 15) is 33.7 Å². The van der Waals surface area contributed by atoms with Gasteiger partial charge in [0.2, 0.25) is 20.0 Å². The van der Waals surface area contributed by atoms with Crippen molar-refractivity contribution in [2.24, 2.45) is 20.3 Å². The van der Waals surface area contributed by atoms with Crippen LogP contribution in [0, 0.1) is 0 Å². The zero-order valence-electron chi connectivity index (χ0n) is 21.3. The van der Waals surface area contributed by atoms with Gasteiger partial charge in [0.05, 0.1) is 27.2 Å². The molecular weight excluding hydrogens is 708 g/mol. The van der Waals surface area contributed by atoms with E-state index in [0.29, 0.717) is 11.5 Å². The van der Waals surface area contributed by atoms with Crippen molar-refractivity contribution < 1.29 is 33.7 Å². The van der Waals surface area contributed by atoms with Gasteiger partial charge in [-0.15, -0.1) is 11.8 Å². The maximum atomic E-state index is 12.4. The molecule has 0 aromatic heterocycles. The summed E-state index contributed by atoms with van der Waals surface area (Å²) in [5.41, 5.74) is 1.25. The molecule has 43 heavy (non-hydrogen) atoms. The number of benzene rings is 3. The number of hydrogen-bond acceptors (Lipinski definition) is 11. The number of nitrogens with zero attached hydrogens (tertiary/aromatic N) is 2. The van der Waals surface area contributed by atoms with Crippen LogP contribution >= 0.6 is 35.0 Å². The molecule has 21 heteroatoms. The summed E-state index contributed by atoms with van der Waals surface area (Å²) in [5, 5.41) is 9.62. The Kier molecular flexibility index (Phi) is 9.50. The highest BCUT2D eigenvalue weighted by Gasteiger charge is 2.29. The van der Waals surface area contributed by atoms with E-state index in [1.807, 2.05) is 35.1 Å². The van der Waals surface area contributed by atoms with Crippen molar-refractivity contribution >= 4 is 98.6 Å². The lowest BCUT2D eigenvalue weighted by atomic mass is 10.2. The number of fused-ring (bicyclic) bond motifs is 2. The number of sulfonamides is 4. The van der Waals surface area contributed by atoms with Crippen LogP contribution in [0.25, 0.3) is 0 Å². The first-order chi connectivity index (χ1) is 19.9. The van der Waals surface area contributed by atoms with E-state index in [0.717, 1.165) is 30.1 Å². The highest BCUT2D eigenvalue weighted by molar-refractivity contribution is 7.99. The lowest BCUT2D eigenvalue weighted by molar-refractivity contribution is 0.588. The Balaban J connectivity index is 0.000000215.